The molecular formula is C18H12N2OS2. The van der Waals surface area contributed by atoms with Crippen molar-refractivity contribution in [3.8, 4) is 10.6 Å². The minimum Gasteiger partial charge on any atom is -0.322 e. The smallest absolute Gasteiger partial charge is 0.256 e. The van der Waals surface area contributed by atoms with E-state index in [2.05, 4.69) is 22.4 Å². The molecule has 0 atom stereocenters. The van der Waals surface area contributed by atoms with E-state index >= 15 is 0 Å². The zero-order valence-corrected chi connectivity index (χ0v) is 13.7. The lowest BCUT2D eigenvalue weighted by Gasteiger charge is -2.03. The van der Waals surface area contributed by atoms with E-state index in [1.165, 1.54) is 11.3 Å². The van der Waals surface area contributed by atoms with Crippen LogP contribution in [-0.4, -0.2) is 10.9 Å². The number of aromatic nitrogens is 1. The highest BCUT2D eigenvalue weighted by Crippen LogP contribution is 2.31. The quantitative estimate of drug-likeness (QED) is 0.553. The average Bonchev–Trinajstić information content (AvgIpc) is 3.25. The summed E-state index contributed by atoms with van der Waals surface area (Å²) < 4.78 is 1.11. The topological polar surface area (TPSA) is 42.0 Å². The van der Waals surface area contributed by atoms with Crippen molar-refractivity contribution >= 4 is 44.5 Å². The largest absolute Gasteiger partial charge is 0.322 e. The molecule has 3 nitrogen and oxygen atoms in total. The predicted octanol–water partition coefficient (Wildman–Crippen LogP) is 5.28. The first-order chi connectivity index (χ1) is 11.3. The molecule has 0 saturated heterocycles. The van der Waals surface area contributed by atoms with E-state index in [9.17, 15) is 4.79 Å². The standard InChI is InChI=1S/C18H12N2OS2/c21-17(13-8-9-22-11-13)19-14-6-7-16-15(10-14)20-18(23-16)12-4-2-1-3-5-12/h1-11H,(H,19,21). The number of benzene rings is 2. The number of thiazole rings is 1. The second-order valence-electron chi connectivity index (χ2n) is 5.03. The second-order valence-corrected chi connectivity index (χ2v) is 6.84. The van der Waals surface area contributed by atoms with Crippen LogP contribution in [0.15, 0.2) is 65.4 Å². The summed E-state index contributed by atoms with van der Waals surface area (Å²) in [6.07, 6.45) is 0. The summed E-state index contributed by atoms with van der Waals surface area (Å²) in [7, 11) is 0. The SMILES string of the molecule is O=C(Nc1ccc2sc(-c3ccccc3)nc2c1)c1ccsc1. The molecule has 0 aliphatic heterocycles. The molecule has 0 radical (unpaired) electrons. The van der Waals surface area contributed by atoms with Crippen molar-refractivity contribution in [3.05, 3.63) is 70.9 Å². The first-order valence-corrected chi connectivity index (χ1v) is 8.85. The third-order valence-corrected chi connectivity index (χ3v) is 5.22. The first-order valence-electron chi connectivity index (χ1n) is 7.09. The van der Waals surface area contributed by atoms with Crippen molar-refractivity contribution in [1.29, 1.82) is 0 Å². The van der Waals surface area contributed by atoms with E-state index in [1.54, 1.807) is 11.3 Å². The number of nitrogens with one attached hydrogen (secondary N) is 1. The van der Waals surface area contributed by atoms with Gasteiger partial charge in [-0.2, -0.15) is 11.3 Å². The van der Waals surface area contributed by atoms with E-state index in [1.807, 2.05) is 53.2 Å². The Hall–Kier alpha value is -2.50. The molecule has 2 aromatic carbocycles. The zero-order chi connectivity index (χ0) is 15.6. The summed E-state index contributed by atoms with van der Waals surface area (Å²) in [5, 5.41) is 7.64. The van der Waals surface area contributed by atoms with Gasteiger partial charge in [-0.05, 0) is 29.6 Å². The molecule has 0 aliphatic rings. The lowest BCUT2D eigenvalue weighted by molar-refractivity contribution is 0.102. The van der Waals surface area contributed by atoms with Crippen LogP contribution in [-0.2, 0) is 0 Å². The molecule has 112 valence electrons. The lowest BCUT2D eigenvalue weighted by Crippen LogP contribution is -2.10. The maximum atomic E-state index is 12.1. The monoisotopic (exact) mass is 336 g/mol. The van der Waals surface area contributed by atoms with Gasteiger partial charge >= 0.3 is 0 Å². The normalized spacial score (nSPS) is 10.8. The highest BCUT2D eigenvalue weighted by Gasteiger charge is 2.09. The van der Waals surface area contributed by atoms with Gasteiger partial charge in [-0.25, -0.2) is 4.98 Å². The summed E-state index contributed by atoms with van der Waals surface area (Å²) >= 11 is 3.16. The summed E-state index contributed by atoms with van der Waals surface area (Å²) in [6.45, 7) is 0. The molecule has 2 aromatic heterocycles. The van der Waals surface area contributed by atoms with E-state index < -0.39 is 0 Å². The molecule has 5 heteroatoms. The fourth-order valence-electron chi connectivity index (χ4n) is 2.31. The fourth-order valence-corrected chi connectivity index (χ4v) is 3.89. The van der Waals surface area contributed by atoms with Gasteiger partial charge in [0.1, 0.15) is 5.01 Å². The van der Waals surface area contributed by atoms with Crippen LogP contribution < -0.4 is 5.32 Å². The predicted molar refractivity (Wildman–Crippen MR) is 97.3 cm³/mol. The van der Waals surface area contributed by atoms with Crippen LogP contribution in [0.3, 0.4) is 0 Å². The Morgan fingerprint density at radius 3 is 2.70 bits per heavy atom. The van der Waals surface area contributed by atoms with Crippen LogP contribution in [0.25, 0.3) is 20.8 Å². The van der Waals surface area contributed by atoms with Gasteiger partial charge < -0.3 is 5.32 Å². The number of carbonyl (C=O) groups is 1. The van der Waals surface area contributed by atoms with Gasteiger partial charge in [0, 0.05) is 16.6 Å². The number of nitrogens with zero attached hydrogens (tertiary/aromatic N) is 1. The van der Waals surface area contributed by atoms with Crippen LogP contribution in [0, 0.1) is 0 Å². The number of amides is 1. The Kier molecular flexibility index (Phi) is 3.65. The third kappa shape index (κ3) is 2.88. The average molecular weight is 336 g/mol. The molecule has 0 saturated carbocycles. The molecule has 4 rings (SSSR count). The second kappa shape index (κ2) is 5.95. The maximum Gasteiger partial charge on any atom is 0.256 e. The number of hydrogen-bond acceptors (Lipinski definition) is 4. The molecule has 23 heavy (non-hydrogen) atoms. The van der Waals surface area contributed by atoms with Crippen molar-refractivity contribution in [2.45, 2.75) is 0 Å². The molecule has 1 N–H and O–H groups in total. The maximum absolute atomic E-state index is 12.1. The van der Waals surface area contributed by atoms with Crippen LogP contribution in [0.5, 0.6) is 0 Å². The van der Waals surface area contributed by atoms with Crippen molar-refractivity contribution < 1.29 is 4.79 Å². The number of thiophene rings is 1. The van der Waals surface area contributed by atoms with Gasteiger partial charge in [0.05, 0.1) is 15.8 Å². The fraction of sp³-hybridized carbons (Fsp3) is 0. The number of anilines is 1. The molecule has 2 heterocycles. The highest BCUT2D eigenvalue weighted by atomic mass is 32.1. The lowest BCUT2D eigenvalue weighted by atomic mass is 10.2. The van der Waals surface area contributed by atoms with Gasteiger partial charge in [-0.1, -0.05) is 30.3 Å². The Balaban J connectivity index is 1.64. The Labute approximate surface area is 141 Å². The van der Waals surface area contributed by atoms with E-state index in [0.29, 0.717) is 5.56 Å². The number of rotatable bonds is 3. The van der Waals surface area contributed by atoms with Gasteiger partial charge in [0.2, 0.25) is 0 Å². The van der Waals surface area contributed by atoms with Gasteiger partial charge in [0.15, 0.2) is 0 Å². The molecule has 0 spiro atoms. The minimum absolute atomic E-state index is 0.0934. The van der Waals surface area contributed by atoms with Gasteiger partial charge in [0.25, 0.3) is 5.91 Å². The van der Waals surface area contributed by atoms with Crippen LogP contribution in [0.1, 0.15) is 10.4 Å². The summed E-state index contributed by atoms with van der Waals surface area (Å²) in [6, 6.07) is 17.8. The Bertz CT molecular complexity index is 959. The van der Waals surface area contributed by atoms with Gasteiger partial charge in [-0.15, -0.1) is 11.3 Å². The minimum atomic E-state index is -0.0934. The molecular weight excluding hydrogens is 324 g/mol. The van der Waals surface area contributed by atoms with Crippen molar-refractivity contribution in [3.63, 3.8) is 0 Å². The molecule has 0 bridgehead atoms. The number of carbonyl (C=O) groups excluding carboxylic acids is 1. The van der Waals surface area contributed by atoms with E-state index in [-0.39, 0.29) is 5.91 Å². The number of fused-ring (bicyclic) bond motifs is 1. The Morgan fingerprint density at radius 2 is 1.91 bits per heavy atom. The van der Waals surface area contributed by atoms with Crippen molar-refractivity contribution in [1.82, 2.24) is 4.98 Å². The number of hydrogen-bond donors (Lipinski definition) is 1. The van der Waals surface area contributed by atoms with Crippen molar-refractivity contribution in [2.24, 2.45) is 0 Å². The van der Waals surface area contributed by atoms with Crippen LogP contribution in [0.2, 0.25) is 0 Å². The molecule has 4 aromatic rings. The molecule has 1 amide bonds. The van der Waals surface area contributed by atoms with E-state index in [4.69, 9.17) is 0 Å². The summed E-state index contributed by atoms with van der Waals surface area (Å²) in [4.78, 5) is 16.8. The van der Waals surface area contributed by atoms with Crippen LogP contribution in [0.4, 0.5) is 5.69 Å². The summed E-state index contributed by atoms with van der Waals surface area (Å²) in [5.74, 6) is -0.0934. The molecule has 0 fully saturated rings. The van der Waals surface area contributed by atoms with Crippen molar-refractivity contribution in [2.75, 3.05) is 5.32 Å². The molecule has 0 unspecified atom stereocenters. The Morgan fingerprint density at radius 1 is 1.04 bits per heavy atom. The highest BCUT2D eigenvalue weighted by molar-refractivity contribution is 7.21. The summed E-state index contributed by atoms with van der Waals surface area (Å²) in [5.41, 5.74) is 3.45. The van der Waals surface area contributed by atoms with Crippen LogP contribution >= 0.6 is 22.7 Å². The zero-order valence-electron chi connectivity index (χ0n) is 12.0. The first kappa shape index (κ1) is 14.1. The molecule has 0 aliphatic carbocycles. The third-order valence-electron chi connectivity index (χ3n) is 3.45. The van der Waals surface area contributed by atoms with E-state index in [0.717, 1.165) is 26.5 Å². The van der Waals surface area contributed by atoms with Gasteiger partial charge in [-0.3, -0.25) is 4.79 Å².